The first-order valence-electron chi connectivity index (χ1n) is 5.07. The van der Waals surface area contributed by atoms with Gasteiger partial charge < -0.3 is 15.0 Å². The first-order valence-corrected chi connectivity index (χ1v) is 5.07. The fraction of sp³-hybridized carbons (Fsp3) is 0.250. The molecule has 2 N–H and O–H groups in total. The van der Waals surface area contributed by atoms with Crippen LogP contribution in [0.3, 0.4) is 0 Å². The predicted molar refractivity (Wildman–Crippen MR) is 60.5 cm³/mol. The Hall–Kier alpha value is -1.65. The van der Waals surface area contributed by atoms with Crippen LogP contribution in [0.4, 0.5) is 0 Å². The Balaban J connectivity index is 2.20. The highest BCUT2D eigenvalue weighted by atomic mass is 16.5. The number of hydrogen-bond donors (Lipinski definition) is 1. The average molecular weight is 218 g/mol. The molecule has 0 saturated heterocycles. The van der Waals surface area contributed by atoms with Gasteiger partial charge >= 0.3 is 0 Å². The van der Waals surface area contributed by atoms with Crippen molar-refractivity contribution in [3.05, 3.63) is 41.7 Å². The molecule has 4 nitrogen and oxygen atoms in total. The lowest BCUT2D eigenvalue weighted by molar-refractivity contribution is 0.185. The number of nitrogens with zero attached hydrogens (tertiary/aromatic N) is 1. The normalized spacial score (nSPS) is 10.6. The smallest absolute Gasteiger partial charge is 0.150 e. The van der Waals surface area contributed by atoms with E-state index in [2.05, 4.69) is 5.16 Å². The van der Waals surface area contributed by atoms with Crippen molar-refractivity contribution in [1.82, 2.24) is 5.16 Å². The molecule has 1 heterocycles. The summed E-state index contributed by atoms with van der Waals surface area (Å²) in [7, 11) is 1.68. The van der Waals surface area contributed by atoms with Crippen LogP contribution < -0.4 is 5.73 Å². The fourth-order valence-electron chi connectivity index (χ4n) is 1.48. The minimum atomic E-state index is 0.370. The molecule has 0 saturated carbocycles. The van der Waals surface area contributed by atoms with Crippen LogP contribution in [0.15, 0.2) is 34.9 Å². The molecule has 4 heteroatoms. The van der Waals surface area contributed by atoms with Crippen molar-refractivity contribution in [2.75, 3.05) is 7.11 Å². The lowest BCUT2D eigenvalue weighted by atomic mass is 10.1. The summed E-state index contributed by atoms with van der Waals surface area (Å²) in [6.07, 6.45) is 0. The van der Waals surface area contributed by atoms with Crippen molar-refractivity contribution in [2.45, 2.75) is 13.2 Å². The summed E-state index contributed by atoms with van der Waals surface area (Å²) in [4.78, 5) is 0. The molecular formula is C12H14N2O2. The molecule has 1 aromatic heterocycles. The molecule has 0 unspecified atom stereocenters. The van der Waals surface area contributed by atoms with Crippen molar-refractivity contribution in [2.24, 2.45) is 5.73 Å². The number of benzene rings is 1. The van der Waals surface area contributed by atoms with Crippen LogP contribution in [-0.4, -0.2) is 12.3 Å². The summed E-state index contributed by atoms with van der Waals surface area (Å²) in [6.45, 7) is 0.988. The molecule has 2 rings (SSSR count). The summed E-state index contributed by atoms with van der Waals surface area (Å²) >= 11 is 0. The number of methoxy groups -OCH3 is 1. The van der Waals surface area contributed by atoms with Gasteiger partial charge in [-0.05, 0) is 5.56 Å². The van der Waals surface area contributed by atoms with E-state index in [0.717, 1.165) is 16.8 Å². The summed E-state index contributed by atoms with van der Waals surface area (Å²) in [5.41, 5.74) is 8.41. The maximum absolute atomic E-state index is 5.45. The molecular weight excluding hydrogens is 204 g/mol. The zero-order valence-corrected chi connectivity index (χ0v) is 9.14. The molecule has 0 bridgehead atoms. The third-order valence-corrected chi connectivity index (χ3v) is 2.32. The molecule has 1 aromatic carbocycles. The van der Waals surface area contributed by atoms with Gasteiger partial charge in [0, 0.05) is 18.7 Å². The highest BCUT2D eigenvalue weighted by Crippen LogP contribution is 2.19. The SMILES string of the molecule is COCc1ccc(-c2cc(CN)on2)cc1. The minimum Gasteiger partial charge on any atom is -0.380 e. The van der Waals surface area contributed by atoms with Gasteiger partial charge in [-0.3, -0.25) is 0 Å². The maximum Gasteiger partial charge on any atom is 0.150 e. The second-order valence-electron chi connectivity index (χ2n) is 3.51. The lowest BCUT2D eigenvalue weighted by Crippen LogP contribution is -1.92. The zero-order chi connectivity index (χ0) is 11.4. The maximum atomic E-state index is 5.45. The highest BCUT2D eigenvalue weighted by Gasteiger charge is 2.04. The Bertz CT molecular complexity index is 448. The van der Waals surface area contributed by atoms with Crippen molar-refractivity contribution >= 4 is 0 Å². The zero-order valence-electron chi connectivity index (χ0n) is 9.14. The first-order chi connectivity index (χ1) is 7.83. The third kappa shape index (κ3) is 2.29. The van der Waals surface area contributed by atoms with E-state index in [1.807, 2.05) is 30.3 Å². The van der Waals surface area contributed by atoms with E-state index in [9.17, 15) is 0 Å². The largest absolute Gasteiger partial charge is 0.380 e. The van der Waals surface area contributed by atoms with Crippen LogP contribution in [0.25, 0.3) is 11.3 Å². The van der Waals surface area contributed by atoms with E-state index >= 15 is 0 Å². The molecule has 2 aromatic rings. The van der Waals surface area contributed by atoms with E-state index in [1.54, 1.807) is 7.11 Å². The van der Waals surface area contributed by atoms with Crippen molar-refractivity contribution < 1.29 is 9.26 Å². The molecule has 0 amide bonds. The Kier molecular flexibility index (Phi) is 3.34. The van der Waals surface area contributed by atoms with Crippen LogP contribution in [0.2, 0.25) is 0 Å². The second-order valence-corrected chi connectivity index (χ2v) is 3.51. The summed E-state index contributed by atoms with van der Waals surface area (Å²) in [5.74, 6) is 0.691. The first kappa shape index (κ1) is 10.9. The molecule has 0 spiro atoms. The Morgan fingerprint density at radius 2 is 2.06 bits per heavy atom. The van der Waals surface area contributed by atoms with E-state index in [4.69, 9.17) is 15.0 Å². The topological polar surface area (TPSA) is 61.3 Å². The van der Waals surface area contributed by atoms with Gasteiger partial charge in [-0.25, -0.2) is 0 Å². The number of ether oxygens (including phenoxy) is 1. The average Bonchev–Trinajstić information content (AvgIpc) is 2.79. The van der Waals surface area contributed by atoms with Gasteiger partial charge in [0.15, 0.2) is 5.76 Å². The number of hydrogen-bond acceptors (Lipinski definition) is 4. The summed E-state index contributed by atoms with van der Waals surface area (Å²) < 4.78 is 10.1. The van der Waals surface area contributed by atoms with Crippen LogP contribution in [0, 0.1) is 0 Å². The van der Waals surface area contributed by atoms with Crippen LogP contribution in [-0.2, 0) is 17.9 Å². The molecule has 0 atom stereocenters. The summed E-state index contributed by atoms with van der Waals surface area (Å²) in [5, 5.41) is 3.95. The predicted octanol–water partition coefficient (Wildman–Crippen LogP) is 1.95. The number of aromatic nitrogens is 1. The van der Waals surface area contributed by atoms with Crippen molar-refractivity contribution in [3.8, 4) is 11.3 Å². The molecule has 0 fully saturated rings. The Labute approximate surface area is 94.0 Å². The van der Waals surface area contributed by atoms with Gasteiger partial charge in [0.2, 0.25) is 0 Å². The fourth-order valence-corrected chi connectivity index (χ4v) is 1.48. The second kappa shape index (κ2) is 4.92. The summed E-state index contributed by atoms with van der Waals surface area (Å²) in [6, 6.07) is 9.86. The van der Waals surface area contributed by atoms with E-state index in [0.29, 0.717) is 18.9 Å². The molecule has 0 aliphatic carbocycles. The Morgan fingerprint density at radius 3 is 2.62 bits per heavy atom. The number of nitrogens with two attached hydrogens (primary N) is 1. The van der Waals surface area contributed by atoms with Gasteiger partial charge in [-0.15, -0.1) is 0 Å². The van der Waals surface area contributed by atoms with Crippen molar-refractivity contribution in [1.29, 1.82) is 0 Å². The quantitative estimate of drug-likeness (QED) is 0.852. The number of rotatable bonds is 4. The minimum absolute atomic E-state index is 0.370. The molecule has 0 aliphatic heterocycles. The van der Waals surface area contributed by atoms with Crippen LogP contribution in [0.1, 0.15) is 11.3 Å². The van der Waals surface area contributed by atoms with Gasteiger partial charge in [0.1, 0.15) is 5.69 Å². The lowest BCUT2D eigenvalue weighted by Gasteiger charge is -2.00. The third-order valence-electron chi connectivity index (χ3n) is 2.32. The van der Waals surface area contributed by atoms with Gasteiger partial charge in [-0.1, -0.05) is 29.4 Å². The van der Waals surface area contributed by atoms with Crippen LogP contribution in [0.5, 0.6) is 0 Å². The van der Waals surface area contributed by atoms with E-state index in [1.165, 1.54) is 0 Å². The molecule has 16 heavy (non-hydrogen) atoms. The van der Waals surface area contributed by atoms with Crippen LogP contribution >= 0.6 is 0 Å². The van der Waals surface area contributed by atoms with E-state index < -0.39 is 0 Å². The molecule has 0 aliphatic rings. The molecule has 0 radical (unpaired) electrons. The monoisotopic (exact) mass is 218 g/mol. The van der Waals surface area contributed by atoms with E-state index in [-0.39, 0.29) is 0 Å². The van der Waals surface area contributed by atoms with Gasteiger partial charge in [0.05, 0.1) is 13.2 Å². The van der Waals surface area contributed by atoms with Gasteiger partial charge in [0.25, 0.3) is 0 Å². The van der Waals surface area contributed by atoms with Crippen molar-refractivity contribution in [3.63, 3.8) is 0 Å². The van der Waals surface area contributed by atoms with Gasteiger partial charge in [-0.2, -0.15) is 0 Å². The standard InChI is InChI=1S/C12H14N2O2/c1-15-8-9-2-4-10(5-3-9)12-6-11(7-13)16-14-12/h2-6H,7-8,13H2,1H3. The Morgan fingerprint density at radius 1 is 1.31 bits per heavy atom. The highest BCUT2D eigenvalue weighted by molar-refractivity contribution is 5.59. The molecule has 84 valence electrons.